The number of rotatable bonds is 2. The maximum Gasteiger partial charge on any atom is 0.256 e. The van der Waals surface area contributed by atoms with E-state index in [1.807, 2.05) is 4.90 Å². The Hall–Kier alpha value is -1.77. The van der Waals surface area contributed by atoms with Gasteiger partial charge in [-0.1, -0.05) is 11.6 Å². The Balaban J connectivity index is 1.84. The molecule has 23 heavy (non-hydrogen) atoms. The summed E-state index contributed by atoms with van der Waals surface area (Å²) in [4.78, 5) is 16.3. The Morgan fingerprint density at radius 2 is 2.00 bits per heavy atom. The third kappa shape index (κ3) is 3.15. The maximum atomic E-state index is 12.7. The van der Waals surface area contributed by atoms with E-state index in [2.05, 4.69) is 6.07 Å². The number of benzene rings is 1. The molecule has 0 spiro atoms. The normalized spacial score (nSPS) is 24.6. The molecule has 1 N–H and O–H groups in total. The number of aliphatic hydroxyl groups is 1. The third-order valence-corrected chi connectivity index (χ3v) is 4.92. The highest BCUT2D eigenvalue weighted by molar-refractivity contribution is 6.30. The van der Waals surface area contributed by atoms with Crippen LogP contribution in [-0.2, 0) is 4.79 Å². The van der Waals surface area contributed by atoms with Crippen molar-refractivity contribution in [3.8, 4) is 6.07 Å². The Bertz CT molecular complexity index is 652. The molecule has 0 radical (unpaired) electrons. The molecule has 0 aliphatic carbocycles. The average Bonchev–Trinajstić information content (AvgIpc) is 3.08. The van der Waals surface area contributed by atoms with Crippen molar-refractivity contribution < 1.29 is 9.90 Å². The average molecular weight is 334 g/mol. The number of likely N-dealkylation sites (tertiary alicyclic amines) is 1. The minimum Gasteiger partial charge on any atom is -0.378 e. The fourth-order valence-electron chi connectivity index (χ4n) is 3.49. The monoisotopic (exact) mass is 333 g/mol. The van der Waals surface area contributed by atoms with Crippen LogP contribution < -0.4 is 4.90 Å². The number of amides is 1. The first kappa shape index (κ1) is 16.1. The van der Waals surface area contributed by atoms with E-state index in [0.29, 0.717) is 35.7 Å². The first-order valence-corrected chi connectivity index (χ1v) is 8.38. The molecule has 3 rings (SSSR count). The molecule has 1 aromatic rings. The SMILES string of the molecule is N#Cc1ccc(Cl)cc1N1CCCC(O)(C(=O)N2CCCC2)C1. The lowest BCUT2D eigenvalue weighted by Crippen LogP contribution is -2.57. The highest BCUT2D eigenvalue weighted by atomic mass is 35.5. The first-order valence-electron chi connectivity index (χ1n) is 8.00. The Morgan fingerprint density at radius 1 is 1.26 bits per heavy atom. The molecule has 0 saturated carbocycles. The fraction of sp³-hybridized carbons (Fsp3) is 0.529. The van der Waals surface area contributed by atoms with Crippen LogP contribution in [0.2, 0.25) is 5.02 Å². The van der Waals surface area contributed by atoms with E-state index in [9.17, 15) is 15.2 Å². The quantitative estimate of drug-likeness (QED) is 0.900. The number of carbonyl (C=O) groups is 1. The summed E-state index contributed by atoms with van der Waals surface area (Å²) in [6.45, 7) is 2.35. The van der Waals surface area contributed by atoms with Crippen LogP contribution in [0.15, 0.2) is 18.2 Å². The van der Waals surface area contributed by atoms with E-state index >= 15 is 0 Å². The van der Waals surface area contributed by atoms with Crippen LogP contribution >= 0.6 is 11.6 Å². The lowest BCUT2D eigenvalue weighted by atomic mass is 9.90. The van der Waals surface area contributed by atoms with E-state index in [0.717, 1.165) is 25.9 Å². The molecular formula is C17H20ClN3O2. The van der Waals surface area contributed by atoms with Gasteiger partial charge < -0.3 is 14.9 Å². The minimum absolute atomic E-state index is 0.180. The van der Waals surface area contributed by atoms with Gasteiger partial charge in [-0.2, -0.15) is 5.26 Å². The van der Waals surface area contributed by atoms with Crippen molar-refractivity contribution in [1.82, 2.24) is 4.90 Å². The van der Waals surface area contributed by atoms with Gasteiger partial charge in [-0.05, 0) is 43.9 Å². The summed E-state index contributed by atoms with van der Waals surface area (Å²) in [6, 6.07) is 7.23. The maximum absolute atomic E-state index is 12.7. The predicted octanol–water partition coefficient (Wildman–Crippen LogP) is 2.17. The van der Waals surface area contributed by atoms with Crippen molar-refractivity contribution in [2.45, 2.75) is 31.3 Å². The van der Waals surface area contributed by atoms with Crippen molar-refractivity contribution in [3.05, 3.63) is 28.8 Å². The van der Waals surface area contributed by atoms with Gasteiger partial charge in [0, 0.05) is 24.7 Å². The Kier molecular flexibility index (Phi) is 4.47. The minimum atomic E-state index is -1.38. The number of nitriles is 1. The second-order valence-electron chi connectivity index (χ2n) is 6.33. The largest absolute Gasteiger partial charge is 0.378 e. The van der Waals surface area contributed by atoms with E-state index in [4.69, 9.17) is 11.6 Å². The molecule has 5 nitrogen and oxygen atoms in total. The number of hydrogen-bond acceptors (Lipinski definition) is 4. The number of β-amino-alcohol motifs (C(OH)–C–C–N with tert-alkyl or cyclic N) is 1. The van der Waals surface area contributed by atoms with Gasteiger partial charge in [0.2, 0.25) is 0 Å². The molecule has 2 heterocycles. The van der Waals surface area contributed by atoms with Crippen molar-refractivity contribution in [3.63, 3.8) is 0 Å². The summed E-state index contributed by atoms with van der Waals surface area (Å²) >= 11 is 6.06. The molecule has 1 aromatic carbocycles. The number of piperidine rings is 1. The molecular weight excluding hydrogens is 314 g/mol. The van der Waals surface area contributed by atoms with Crippen LogP contribution in [-0.4, -0.2) is 47.7 Å². The van der Waals surface area contributed by atoms with E-state index < -0.39 is 5.60 Å². The summed E-state index contributed by atoms with van der Waals surface area (Å²) in [5.41, 5.74) is -0.183. The predicted molar refractivity (Wildman–Crippen MR) is 88.4 cm³/mol. The van der Waals surface area contributed by atoms with Gasteiger partial charge in [-0.25, -0.2) is 0 Å². The van der Waals surface area contributed by atoms with E-state index in [1.165, 1.54) is 0 Å². The van der Waals surface area contributed by atoms with Crippen LogP contribution in [0.5, 0.6) is 0 Å². The summed E-state index contributed by atoms with van der Waals surface area (Å²) in [5.74, 6) is -0.180. The van der Waals surface area contributed by atoms with Crippen LogP contribution in [0.1, 0.15) is 31.2 Å². The lowest BCUT2D eigenvalue weighted by molar-refractivity contribution is -0.151. The number of hydrogen-bond donors (Lipinski definition) is 1. The number of nitrogens with zero attached hydrogens (tertiary/aromatic N) is 3. The molecule has 1 atom stereocenters. The molecule has 1 unspecified atom stereocenters. The molecule has 2 saturated heterocycles. The van der Waals surface area contributed by atoms with Gasteiger partial charge >= 0.3 is 0 Å². The van der Waals surface area contributed by atoms with Crippen LogP contribution in [0.25, 0.3) is 0 Å². The molecule has 2 aliphatic heterocycles. The lowest BCUT2D eigenvalue weighted by Gasteiger charge is -2.41. The number of halogens is 1. The standard InChI is InChI=1S/C17H20ClN3O2/c18-14-5-4-13(11-19)15(10-14)21-9-3-6-17(23,12-21)16(22)20-7-1-2-8-20/h4-5,10,23H,1-3,6-9,12H2. The van der Waals surface area contributed by atoms with Crippen molar-refractivity contribution in [1.29, 1.82) is 5.26 Å². The zero-order valence-electron chi connectivity index (χ0n) is 13.0. The highest BCUT2D eigenvalue weighted by Crippen LogP contribution is 2.32. The van der Waals surface area contributed by atoms with Crippen LogP contribution in [0.4, 0.5) is 5.69 Å². The van der Waals surface area contributed by atoms with Crippen LogP contribution in [0, 0.1) is 11.3 Å². The second kappa shape index (κ2) is 6.38. The second-order valence-corrected chi connectivity index (χ2v) is 6.77. The van der Waals surface area contributed by atoms with Gasteiger partial charge in [0.05, 0.1) is 17.8 Å². The fourth-order valence-corrected chi connectivity index (χ4v) is 3.66. The summed E-state index contributed by atoms with van der Waals surface area (Å²) < 4.78 is 0. The van der Waals surface area contributed by atoms with E-state index in [1.54, 1.807) is 23.1 Å². The molecule has 0 aromatic heterocycles. The van der Waals surface area contributed by atoms with E-state index in [-0.39, 0.29) is 12.5 Å². The van der Waals surface area contributed by atoms with Crippen LogP contribution in [0.3, 0.4) is 0 Å². The summed E-state index contributed by atoms with van der Waals surface area (Å²) in [5, 5.41) is 20.8. The number of carbonyl (C=O) groups excluding carboxylic acids is 1. The van der Waals surface area contributed by atoms with Crippen molar-refractivity contribution >= 4 is 23.2 Å². The molecule has 6 heteroatoms. The Morgan fingerprint density at radius 3 is 2.70 bits per heavy atom. The van der Waals surface area contributed by atoms with Gasteiger partial charge in [-0.15, -0.1) is 0 Å². The van der Waals surface area contributed by atoms with Crippen molar-refractivity contribution in [2.24, 2.45) is 0 Å². The zero-order valence-corrected chi connectivity index (χ0v) is 13.7. The zero-order chi connectivity index (χ0) is 16.4. The van der Waals surface area contributed by atoms with Gasteiger partial charge in [-0.3, -0.25) is 4.79 Å². The van der Waals surface area contributed by atoms with Gasteiger partial charge in [0.25, 0.3) is 5.91 Å². The third-order valence-electron chi connectivity index (χ3n) is 4.68. The molecule has 2 aliphatic rings. The molecule has 0 bridgehead atoms. The highest BCUT2D eigenvalue weighted by Gasteiger charge is 2.43. The van der Waals surface area contributed by atoms with Crippen molar-refractivity contribution in [2.75, 3.05) is 31.1 Å². The Labute approximate surface area is 141 Å². The van der Waals surface area contributed by atoms with Gasteiger partial charge in [0.15, 0.2) is 5.60 Å². The summed E-state index contributed by atoms with van der Waals surface area (Å²) in [6.07, 6.45) is 3.16. The smallest absolute Gasteiger partial charge is 0.256 e. The summed E-state index contributed by atoms with van der Waals surface area (Å²) in [7, 11) is 0. The van der Waals surface area contributed by atoms with Gasteiger partial charge in [0.1, 0.15) is 6.07 Å². The molecule has 1 amide bonds. The first-order chi connectivity index (χ1) is 11.0. The molecule has 2 fully saturated rings. The number of anilines is 1. The molecule has 122 valence electrons. The topological polar surface area (TPSA) is 67.6 Å².